The first-order valence-corrected chi connectivity index (χ1v) is 5.42. The lowest BCUT2D eigenvalue weighted by Crippen LogP contribution is -2.22. The lowest BCUT2D eigenvalue weighted by molar-refractivity contribution is -0.120. The van der Waals surface area contributed by atoms with Crippen LogP contribution in [0.15, 0.2) is 22.1 Å². The highest BCUT2D eigenvalue weighted by molar-refractivity contribution is 6.04. The fourth-order valence-corrected chi connectivity index (χ4v) is 1.73. The van der Waals surface area contributed by atoms with Crippen molar-refractivity contribution in [1.82, 2.24) is 10.6 Å². The van der Waals surface area contributed by atoms with Gasteiger partial charge in [-0.25, -0.2) is 4.79 Å². The summed E-state index contributed by atoms with van der Waals surface area (Å²) in [5.74, 6) is 0.646. The molecule has 0 aromatic carbocycles. The Kier molecular flexibility index (Phi) is 3.27. The summed E-state index contributed by atoms with van der Waals surface area (Å²) >= 11 is 0. The third-order valence-corrected chi connectivity index (χ3v) is 2.60. The zero-order chi connectivity index (χ0) is 13.1. The van der Waals surface area contributed by atoms with Gasteiger partial charge in [0.05, 0.1) is 0 Å². The lowest BCUT2D eigenvalue weighted by Gasteiger charge is -2.01. The Hall–Kier alpha value is -2.37. The van der Waals surface area contributed by atoms with Crippen molar-refractivity contribution in [1.29, 1.82) is 0 Å². The third-order valence-electron chi connectivity index (χ3n) is 2.60. The monoisotopic (exact) mass is 247 g/mol. The second-order valence-electron chi connectivity index (χ2n) is 3.77. The van der Waals surface area contributed by atoms with Crippen LogP contribution in [0, 0.1) is 0 Å². The zero-order valence-electron chi connectivity index (χ0n) is 9.90. The normalized spacial score (nSPS) is 19.1. The summed E-state index contributed by atoms with van der Waals surface area (Å²) in [5, 5.41) is 4.63. The van der Waals surface area contributed by atoms with Crippen molar-refractivity contribution >= 4 is 24.2 Å². The van der Waals surface area contributed by atoms with Gasteiger partial charge in [0.2, 0.25) is 0 Å². The van der Waals surface area contributed by atoms with Gasteiger partial charge in [0.1, 0.15) is 11.5 Å². The van der Waals surface area contributed by atoms with Gasteiger partial charge in [-0.15, -0.1) is 0 Å². The van der Waals surface area contributed by atoms with E-state index in [2.05, 4.69) is 22.2 Å². The number of hydrogen-bond acceptors (Lipinski definition) is 4. The molecule has 18 heavy (non-hydrogen) atoms. The molecule has 1 aliphatic heterocycles. The maximum atomic E-state index is 11.5. The fourth-order valence-electron chi connectivity index (χ4n) is 1.73. The van der Waals surface area contributed by atoms with E-state index in [0.29, 0.717) is 17.9 Å². The van der Waals surface area contributed by atoms with Gasteiger partial charge in [-0.05, 0) is 6.07 Å². The molecule has 0 radical (unpaired) electrons. The van der Waals surface area contributed by atoms with Gasteiger partial charge in [0.15, 0.2) is 6.04 Å². The maximum absolute atomic E-state index is 11.5. The van der Waals surface area contributed by atoms with Crippen LogP contribution in [0.5, 0.6) is 0 Å². The number of hydrogen-bond donors (Lipinski definition) is 2. The van der Waals surface area contributed by atoms with E-state index in [9.17, 15) is 9.59 Å². The average Bonchev–Trinajstić information content (AvgIpc) is 2.89. The molecule has 0 saturated carbocycles. The number of nitrogens with zero attached hydrogens (tertiary/aromatic N) is 1. The first kappa shape index (κ1) is 12.1. The Bertz CT molecular complexity index is 531. The predicted molar refractivity (Wildman–Crippen MR) is 66.3 cm³/mol. The number of urea groups is 1. The largest absolute Gasteiger partial charge is 0.462 e. The molecule has 1 aliphatic rings. The summed E-state index contributed by atoms with van der Waals surface area (Å²) in [6.07, 6.45) is 3.85. The lowest BCUT2D eigenvalue weighted by atomic mass is 10.1. The van der Waals surface area contributed by atoms with Gasteiger partial charge >= 0.3 is 6.03 Å². The molecule has 0 bridgehead atoms. The summed E-state index contributed by atoms with van der Waals surface area (Å²) in [6, 6.07) is 0.406. The van der Waals surface area contributed by atoms with Crippen molar-refractivity contribution in [2.24, 2.45) is 4.99 Å². The highest BCUT2D eigenvalue weighted by Crippen LogP contribution is 2.24. The first-order valence-electron chi connectivity index (χ1n) is 5.42. The molecular formula is C12H13N3O3. The van der Waals surface area contributed by atoms with Crippen LogP contribution in [0.2, 0.25) is 0 Å². The van der Waals surface area contributed by atoms with Crippen LogP contribution in [0.4, 0.5) is 4.79 Å². The van der Waals surface area contributed by atoms with Crippen molar-refractivity contribution in [2.75, 3.05) is 7.05 Å². The van der Waals surface area contributed by atoms with Gasteiger partial charge < -0.3 is 14.7 Å². The van der Waals surface area contributed by atoms with Gasteiger partial charge in [-0.2, -0.15) is 0 Å². The molecule has 1 fully saturated rings. The van der Waals surface area contributed by atoms with E-state index in [4.69, 9.17) is 4.42 Å². The highest BCUT2D eigenvalue weighted by atomic mass is 16.3. The fraction of sp³-hybridized carbons (Fsp3) is 0.250. The number of nitrogens with one attached hydrogen (secondary N) is 2. The van der Waals surface area contributed by atoms with Crippen LogP contribution >= 0.6 is 0 Å². The molecule has 1 aromatic heterocycles. The van der Waals surface area contributed by atoms with Gasteiger partial charge in [-0.1, -0.05) is 12.7 Å². The number of furan rings is 1. The SMILES string of the molecule is C=Cc1cc(C2NC(=O)NC2=O)oc1CC=NC. The van der Waals surface area contributed by atoms with E-state index in [1.165, 1.54) is 0 Å². The minimum Gasteiger partial charge on any atom is -0.462 e. The van der Waals surface area contributed by atoms with E-state index < -0.39 is 18.0 Å². The Morgan fingerprint density at radius 3 is 2.89 bits per heavy atom. The molecule has 1 atom stereocenters. The molecule has 2 rings (SSSR count). The Morgan fingerprint density at radius 1 is 1.56 bits per heavy atom. The number of amides is 3. The van der Waals surface area contributed by atoms with Crippen molar-refractivity contribution in [3.63, 3.8) is 0 Å². The minimum atomic E-state index is -0.775. The zero-order valence-corrected chi connectivity index (χ0v) is 9.90. The average molecular weight is 247 g/mol. The predicted octanol–water partition coefficient (Wildman–Crippen LogP) is 1.05. The number of rotatable bonds is 4. The van der Waals surface area contributed by atoms with Crippen molar-refractivity contribution < 1.29 is 14.0 Å². The van der Waals surface area contributed by atoms with Crippen molar-refractivity contribution in [2.45, 2.75) is 12.5 Å². The van der Waals surface area contributed by atoms with E-state index in [0.717, 1.165) is 5.56 Å². The molecule has 0 aliphatic carbocycles. The summed E-state index contributed by atoms with van der Waals surface area (Å²) in [5.41, 5.74) is 0.791. The number of carbonyl (C=O) groups excluding carboxylic acids is 2. The van der Waals surface area contributed by atoms with E-state index in [1.54, 1.807) is 25.4 Å². The van der Waals surface area contributed by atoms with Gasteiger partial charge in [-0.3, -0.25) is 10.1 Å². The summed E-state index contributed by atoms with van der Waals surface area (Å²) in [6.45, 7) is 3.68. The Balaban J connectivity index is 2.29. The Morgan fingerprint density at radius 2 is 2.33 bits per heavy atom. The molecule has 94 valence electrons. The van der Waals surface area contributed by atoms with E-state index in [-0.39, 0.29) is 0 Å². The van der Waals surface area contributed by atoms with Crippen LogP contribution in [0.25, 0.3) is 6.08 Å². The second-order valence-corrected chi connectivity index (χ2v) is 3.77. The highest BCUT2D eigenvalue weighted by Gasteiger charge is 2.33. The maximum Gasteiger partial charge on any atom is 0.322 e. The molecule has 1 aromatic rings. The van der Waals surface area contributed by atoms with Gasteiger partial charge in [0.25, 0.3) is 5.91 Å². The second kappa shape index (κ2) is 4.87. The molecule has 2 N–H and O–H groups in total. The minimum absolute atomic E-state index is 0.396. The van der Waals surface area contributed by atoms with E-state index in [1.807, 2.05) is 0 Å². The molecule has 1 saturated heterocycles. The van der Waals surface area contributed by atoms with Crippen molar-refractivity contribution in [3.8, 4) is 0 Å². The topological polar surface area (TPSA) is 83.7 Å². The van der Waals surface area contributed by atoms with Crippen LogP contribution in [-0.4, -0.2) is 25.2 Å². The van der Waals surface area contributed by atoms with Gasteiger partial charge in [0, 0.05) is 25.2 Å². The number of aliphatic imine (C=N–C) groups is 1. The molecule has 2 heterocycles. The van der Waals surface area contributed by atoms with Crippen LogP contribution in [0.1, 0.15) is 23.1 Å². The molecule has 3 amide bonds. The smallest absolute Gasteiger partial charge is 0.322 e. The summed E-state index contributed by atoms with van der Waals surface area (Å²) in [7, 11) is 1.67. The molecule has 0 spiro atoms. The van der Waals surface area contributed by atoms with Crippen LogP contribution < -0.4 is 10.6 Å². The molecular weight excluding hydrogens is 234 g/mol. The molecule has 1 unspecified atom stereocenters. The third kappa shape index (κ3) is 2.17. The van der Waals surface area contributed by atoms with E-state index >= 15 is 0 Å². The number of carbonyl (C=O) groups is 2. The summed E-state index contributed by atoms with van der Waals surface area (Å²) in [4.78, 5) is 26.4. The molecule has 6 nitrogen and oxygen atoms in total. The quantitative estimate of drug-likeness (QED) is 0.616. The van der Waals surface area contributed by atoms with Crippen LogP contribution in [0.3, 0.4) is 0 Å². The molecule has 6 heteroatoms. The Labute approximate surface area is 104 Å². The first-order chi connectivity index (χ1) is 8.65. The standard InChI is InChI=1S/C12H13N3O3/c1-3-7-6-9(18-8(7)4-5-13-2)10-11(16)15-12(17)14-10/h3,5-6,10H,1,4H2,2H3,(H2,14,15,16,17). The number of imide groups is 1. The summed E-state index contributed by atoms with van der Waals surface area (Å²) < 4.78 is 5.57. The van der Waals surface area contributed by atoms with Crippen molar-refractivity contribution in [3.05, 3.63) is 29.7 Å². The van der Waals surface area contributed by atoms with Crippen LogP contribution in [-0.2, 0) is 11.2 Å².